The fourth-order valence-corrected chi connectivity index (χ4v) is 2.47. The molecule has 0 aromatic heterocycles. The lowest BCUT2D eigenvalue weighted by Gasteiger charge is -2.36. The van der Waals surface area contributed by atoms with Gasteiger partial charge in [-0.15, -0.1) is 0 Å². The van der Waals surface area contributed by atoms with Gasteiger partial charge in [0.15, 0.2) is 0 Å². The monoisotopic (exact) mass is 286 g/mol. The Bertz CT molecular complexity index is 231. The summed E-state index contributed by atoms with van der Waals surface area (Å²) in [6, 6.07) is 0. The lowest BCUT2D eigenvalue weighted by Crippen LogP contribution is -2.44. The average molecular weight is 287 g/mol. The number of methoxy groups -OCH3 is 1. The fraction of sp³-hybridized carbons (Fsp3) is 1.00. The second kappa shape index (κ2) is 10.6. The molecule has 122 valence electrons. The van der Waals surface area contributed by atoms with E-state index in [1.807, 2.05) is 0 Å². The molecule has 0 aromatic rings. The van der Waals surface area contributed by atoms with Gasteiger partial charge in [-0.25, -0.2) is 0 Å². The highest BCUT2D eigenvalue weighted by molar-refractivity contribution is 4.80. The molecule has 3 heteroatoms. The second-order valence-corrected chi connectivity index (χ2v) is 7.31. The largest absolute Gasteiger partial charge is 0.383 e. The van der Waals surface area contributed by atoms with Gasteiger partial charge in [0.1, 0.15) is 0 Å². The van der Waals surface area contributed by atoms with Crippen molar-refractivity contribution in [2.24, 2.45) is 17.3 Å². The molecule has 0 aromatic carbocycles. The fourth-order valence-electron chi connectivity index (χ4n) is 2.47. The predicted octanol–water partition coefficient (Wildman–Crippen LogP) is 3.25. The normalized spacial score (nSPS) is 15.3. The van der Waals surface area contributed by atoms with E-state index >= 15 is 0 Å². The summed E-state index contributed by atoms with van der Waals surface area (Å²) in [5, 5.41) is 3.63. The van der Waals surface area contributed by atoms with E-state index < -0.39 is 0 Å². The van der Waals surface area contributed by atoms with Crippen LogP contribution in [0.15, 0.2) is 0 Å². The van der Waals surface area contributed by atoms with Crippen LogP contribution in [0.3, 0.4) is 0 Å². The van der Waals surface area contributed by atoms with E-state index in [0.717, 1.165) is 45.2 Å². The van der Waals surface area contributed by atoms with Crippen molar-refractivity contribution in [3.8, 4) is 0 Å². The highest BCUT2D eigenvalue weighted by atomic mass is 16.5. The van der Waals surface area contributed by atoms with E-state index in [9.17, 15) is 0 Å². The molecule has 0 rings (SSSR count). The van der Waals surface area contributed by atoms with Gasteiger partial charge in [-0.05, 0) is 30.2 Å². The summed E-state index contributed by atoms with van der Waals surface area (Å²) in [7, 11) is 1.79. The molecule has 0 amide bonds. The van der Waals surface area contributed by atoms with E-state index in [4.69, 9.17) is 4.74 Å². The van der Waals surface area contributed by atoms with Crippen LogP contribution in [0.5, 0.6) is 0 Å². The van der Waals surface area contributed by atoms with Gasteiger partial charge in [0, 0.05) is 33.3 Å². The molecule has 0 spiro atoms. The number of ether oxygens (including phenoxy) is 1. The van der Waals surface area contributed by atoms with Gasteiger partial charge in [0.2, 0.25) is 0 Å². The van der Waals surface area contributed by atoms with Crippen molar-refractivity contribution in [2.45, 2.75) is 48.0 Å². The van der Waals surface area contributed by atoms with E-state index in [0.29, 0.717) is 11.3 Å². The van der Waals surface area contributed by atoms with Gasteiger partial charge in [0.05, 0.1) is 6.61 Å². The van der Waals surface area contributed by atoms with Gasteiger partial charge in [-0.2, -0.15) is 0 Å². The molecule has 1 unspecified atom stereocenters. The number of nitrogens with zero attached hydrogens (tertiary/aromatic N) is 1. The molecule has 1 N–H and O–H groups in total. The smallest absolute Gasteiger partial charge is 0.0589 e. The maximum atomic E-state index is 5.26. The first-order chi connectivity index (χ1) is 9.33. The average Bonchev–Trinajstić information content (AvgIpc) is 2.34. The topological polar surface area (TPSA) is 24.5 Å². The number of hydrogen-bond donors (Lipinski definition) is 1. The Hall–Kier alpha value is -0.120. The molecule has 0 aliphatic rings. The van der Waals surface area contributed by atoms with Crippen molar-refractivity contribution in [2.75, 3.05) is 46.4 Å². The standard InChI is InChI=1S/C17H38N2O/c1-8-17(6,13-18-11-15(2)3)14-19(9-10-20-7)12-16(4)5/h15-16,18H,8-14H2,1-7H3. The van der Waals surface area contributed by atoms with Crippen LogP contribution < -0.4 is 5.32 Å². The van der Waals surface area contributed by atoms with Crippen molar-refractivity contribution < 1.29 is 4.74 Å². The van der Waals surface area contributed by atoms with E-state index in [-0.39, 0.29) is 0 Å². The van der Waals surface area contributed by atoms with Crippen LogP contribution in [0.2, 0.25) is 0 Å². The first-order valence-corrected chi connectivity index (χ1v) is 8.25. The Balaban J connectivity index is 4.41. The lowest BCUT2D eigenvalue weighted by molar-refractivity contribution is 0.0998. The van der Waals surface area contributed by atoms with Crippen LogP contribution in [0, 0.1) is 17.3 Å². The summed E-state index contributed by atoms with van der Waals surface area (Å²) in [5.41, 5.74) is 0.345. The zero-order chi connectivity index (χ0) is 15.6. The Labute approximate surface area is 127 Å². The van der Waals surface area contributed by atoms with Gasteiger partial charge < -0.3 is 15.0 Å². The molecule has 3 nitrogen and oxygen atoms in total. The zero-order valence-corrected chi connectivity index (χ0v) is 15.0. The van der Waals surface area contributed by atoms with Gasteiger partial charge in [-0.3, -0.25) is 0 Å². The predicted molar refractivity (Wildman–Crippen MR) is 89.3 cm³/mol. The molecule has 0 fully saturated rings. The first-order valence-electron chi connectivity index (χ1n) is 8.25. The van der Waals surface area contributed by atoms with Crippen molar-refractivity contribution in [1.29, 1.82) is 0 Å². The molecule has 0 heterocycles. The first kappa shape index (κ1) is 19.9. The molecule has 0 saturated heterocycles. The Morgan fingerprint density at radius 1 is 1.15 bits per heavy atom. The molecule has 20 heavy (non-hydrogen) atoms. The van der Waals surface area contributed by atoms with E-state index in [1.165, 1.54) is 6.42 Å². The molecule has 0 saturated carbocycles. The number of rotatable bonds is 12. The van der Waals surface area contributed by atoms with Crippen molar-refractivity contribution >= 4 is 0 Å². The summed E-state index contributed by atoms with van der Waals surface area (Å²) in [6.07, 6.45) is 1.21. The number of hydrogen-bond acceptors (Lipinski definition) is 3. The summed E-state index contributed by atoms with van der Waals surface area (Å²) in [6.45, 7) is 20.2. The third-order valence-electron chi connectivity index (χ3n) is 3.80. The Morgan fingerprint density at radius 2 is 1.80 bits per heavy atom. The molecule has 0 bridgehead atoms. The maximum absolute atomic E-state index is 5.26. The van der Waals surface area contributed by atoms with Gasteiger partial charge >= 0.3 is 0 Å². The van der Waals surface area contributed by atoms with Crippen molar-refractivity contribution in [3.63, 3.8) is 0 Å². The Morgan fingerprint density at radius 3 is 2.25 bits per heavy atom. The van der Waals surface area contributed by atoms with Crippen LogP contribution in [0.1, 0.15) is 48.0 Å². The van der Waals surface area contributed by atoms with Crippen LogP contribution in [-0.2, 0) is 4.74 Å². The minimum absolute atomic E-state index is 0.345. The second-order valence-electron chi connectivity index (χ2n) is 7.31. The van der Waals surface area contributed by atoms with E-state index in [1.54, 1.807) is 7.11 Å². The quantitative estimate of drug-likeness (QED) is 0.596. The summed E-state index contributed by atoms with van der Waals surface area (Å²) in [4.78, 5) is 2.56. The van der Waals surface area contributed by atoms with Crippen molar-refractivity contribution in [3.05, 3.63) is 0 Å². The molecule has 0 aliphatic carbocycles. The summed E-state index contributed by atoms with van der Waals surface area (Å²) in [5.74, 6) is 1.42. The lowest BCUT2D eigenvalue weighted by atomic mass is 9.86. The number of nitrogens with one attached hydrogen (secondary N) is 1. The summed E-state index contributed by atoms with van der Waals surface area (Å²) < 4.78 is 5.26. The van der Waals surface area contributed by atoms with E-state index in [2.05, 4.69) is 51.8 Å². The SMILES string of the molecule is CCC(C)(CNCC(C)C)CN(CCOC)CC(C)C. The van der Waals surface area contributed by atoms with Gasteiger partial charge in [-0.1, -0.05) is 41.5 Å². The van der Waals surface area contributed by atoms with Crippen LogP contribution in [0.4, 0.5) is 0 Å². The molecule has 0 radical (unpaired) electrons. The van der Waals surface area contributed by atoms with Crippen LogP contribution >= 0.6 is 0 Å². The summed E-state index contributed by atoms with van der Waals surface area (Å²) >= 11 is 0. The maximum Gasteiger partial charge on any atom is 0.0589 e. The van der Waals surface area contributed by atoms with Crippen LogP contribution in [-0.4, -0.2) is 51.3 Å². The molecule has 1 atom stereocenters. The van der Waals surface area contributed by atoms with Crippen LogP contribution in [0.25, 0.3) is 0 Å². The highest BCUT2D eigenvalue weighted by Crippen LogP contribution is 2.22. The molecular formula is C17H38N2O. The molecular weight excluding hydrogens is 248 g/mol. The Kier molecular flexibility index (Phi) is 10.5. The minimum Gasteiger partial charge on any atom is -0.383 e. The third kappa shape index (κ3) is 9.73. The highest BCUT2D eigenvalue weighted by Gasteiger charge is 2.25. The molecule has 0 aliphatic heterocycles. The van der Waals surface area contributed by atoms with Crippen molar-refractivity contribution in [1.82, 2.24) is 10.2 Å². The third-order valence-corrected chi connectivity index (χ3v) is 3.80. The van der Waals surface area contributed by atoms with Gasteiger partial charge in [0.25, 0.3) is 0 Å². The minimum atomic E-state index is 0.345. The zero-order valence-electron chi connectivity index (χ0n) is 15.0.